The van der Waals surface area contributed by atoms with Gasteiger partial charge in [-0.3, -0.25) is 4.98 Å². The van der Waals surface area contributed by atoms with Crippen LogP contribution >= 0.6 is 0 Å². The van der Waals surface area contributed by atoms with Crippen LogP contribution in [0.5, 0.6) is 5.88 Å². The van der Waals surface area contributed by atoms with Crippen molar-refractivity contribution in [2.75, 3.05) is 79.3 Å². The van der Waals surface area contributed by atoms with Crippen LogP contribution in [0.25, 0.3) is 32.9 Å². The molecule has 10 nitrogen and oxygen atoms in total. The van der Waals surface area contributed by atoms with Crippen molar-refractivity contribution in [3.63, 3.8) is 0 Å². The van der Waals surface area contributed by atoms with Crippen LogP contribution in [-0.4, -0.2) is 98.9 Å². The summed E-state index contributed by atoms with van der Waals surface area (Å²) in [6.07, 6.45) is 5.57. The van der Waals surface area contributed by atoms with Gasteiger partial charge in [-0.1, -0.05) is 12.1 Å². The van der Waals surface area contributed by atoms with E-state index in [0.717, 1.165) is 27.5 Å². The molecule has 0 bridgehead atoms. The molecular formula is C29H37N3O7. The van der Waals surface area contributed by atoms with Crippen LogP contribution in [-0.2, 0) is 30.7 Å². The third-order valence-electron chi connectivity index (χ3n) is 6.08. The number of benzene rings is 1. The summed E-state index contributed by atoms with van der Waals surface area (Å²) < 4.78 is 34.8. The fourth-order valence-corrected chi connectivity index (χ4v) is 4.12. The Morgan fingerprint density at radius 1 is 0.641 bits per heavy atom. The van der Waals surface area contributed by atoms with Gasteiger partial charge < -0.3 is 38.1 Å². The third-order valence-corrected chi connectivity index (χ3v) is 6.08. The van der Waals surface area contributed by atoms with Crippen LogP contribution in [0.2, 0.25) is 0 Å². The Balaban J connectivity index is 1.05. The van der Waals surface area contributed by atoms with Crippen LogP contribution in [0.15, 0.2) is 55.0 Å². The number of hydrogen-bond acceptors (Lipinski definition) is 9. The van der Waals surface area contributed by atoms with Crippen LogP contribution in [0.3, 0.4) is 0 Å². The van der Waals surface area contributed by atoms with Crippen LogP contribution in [0.4, 0.5) is 0 Å². The topological polar surface area (TPSA) is 106 Å². The normalized spacial score (nSPS) is 11.5. The fraction of sp³-hybridized carbons (Fsp3) is 0.448. The Kier molecular flexibility index (Phi) is 11.9. The highest BCUT2D eigenvalue weighted by molar-refractivity contribution is 6.08. The average Bonchev–Trinajstić information content (AvgIpc) is 3.26. The van der Waals surface area contributed by atoms with E-state index in [2.05, 4.69) is 39.8 Å². The Hall–Kier alpha value is -3.12. The van der Waals surface area contributed by atoms with E-state index >= 15 is 0 Å². The van der Waals surface area contributed by atoms with Crippen molar-refractivity contribution in [2.24, 2.45) is 7.05 Å². The van der Waals surface area contributed by atoms with Gasteiger partial charge in [0.05, 0.1) is 78.2 Å². The van der Waals surface area contributed by atoms with Crippen molar-refractivity contribution < 1.29 is 33.5 Å². The molecule has 3 heterocycles. The molecule has 10 heteroatoms. The monoisotopic (exact) mass is 539 g/mol. The fourth-order valence-electron chi connectivity index (χ4n) is 4.12. The van der Waals surface area contributed by atoms with Gasteiger partial charge in [-0.25, -0.2) is 4.98 Å². The Morgan fingerprint density at radius 2 is 1.26 bits per heavy atom. The van der Waals surface area contributed by atoms with Gasteiger partial charge in [0, 0.05) is 53.6 Å². The van der Waals surface area contributed by atoms with Gasteiger partial charge in [-0.05, 0) is 23.8 Å². The maximum atomic E-state index is 8.59. The highest BCUT2D eigenvalue weighted by Crippen LogP contribution is 2.31. The SMILES string of the molecule is Cn1c2ccncc2c2ccc(-c3ccc(OCCOCCOCCOCCOCCOCCO)nc3)cc21. The number of pyridine rings is 2. The standard InChI is InChI=1S/C29H37N3O7/c1-32-27-6-7-30-22-26(27)25-4-2-23(20-28(25)32)24-3-5-29(31-21-24)39-19-18-38-17-16-37-15-14-36-13-12-35-11-10-34-9-8-33/h2-7,20-22,33H,8-19H2,1H3. The number of ether oxygens (including phenoxy) is 6. The van der Waals surface area contributed by atoms with Crippen LogP contribution in [0.1, 0.15) is 0 Å². The first-order valence-electron chi connectivity index (χ1n) is 13.2. The average molecular weight is 540 g/mol. The molecular weight excluding hydrogens is 502 g/mol. The molecule has 210 valence electrons. The Morgan fingerprint density at radius 3 is 1.87 bits per heavy atom. The van der Waals surface area contributed by atoms with Crippen molar-refractivity contribution in [3.05, 3.63) is 55.0 Å². The summed E-state index contributed by atoms with van der Waals surface area (Å²) in [5.74, 6) is 0.564. The molecule has 0 aliphatic heterocycles. The molecule has 3 aromatic heterocycles. The molecule has 39 heavy (non-hydrogen) atoms. The first kappa shape index (κ1) is 28.9. The minimum atomic E-state index is 0.0266. The summed E-state index contributed by atoms with van der Waals surface area (Å²) in [6.45, 7) is 5.18. The molecule has 0 unspecified atom stereocenters. The van der Waals surface area contributed by atoms with E-state index in [4.69, 9.17) is 33.5 Å². The number of aliphatic hydroxyl groups excluding tert-OH is 1. The lowest BCUT2D eigenvalue weighted by atomic mass is 10.1. The summed E-state index contributed by atoms with van der Waals surface area (Å²) >= 11 is 0. The molecule has 0 atom stereocenters. The molecule has 4 aromatic rings. The van der Waals surface area contributed by atoms with Crippen molar-refractivity contribution in [2.45, 2.75) is 0 Å². The first-order chi connectivity index (χ1) is 19.3. The van der Waals surface area contributed by atoms with Crippen molar-refractivity contribution >= 4 is 21.8 Å². The zero-order valence-corrected chi connectivity index (χ0v) is 22.4. The Bertz CT molecular complexity index is 1260. The number of aryl methyl sites for hydroxylation is 1. The van der Waals surface area contributed by atoms with Gasteiger partial charge in [0.2, 0.25) is 5.88 Å². The minimum absolute atomic E-state index is 0.0266. The van der Waals surface area contributed by atoms with E-state index in [1.54, 1.807) is 0 Å². The second kappa shape index (κ2) is 16.1. The minimum Gasteiger partial charge on any atom is -0.475 e. The predicted octanol–water partition coefficient (Wildman–Crippen LogP) is 3.24. The highest BCUT2D eigenvalue weighted by Gasteiger charge is 2.10. The molecule has 0 aliphatic carbocycles. The molecule has 0 saturated carbocycles. The number of hydrogen-bond donors (Lipinski definition) is 1. The predicted molar refractivity (Wildman–Crippen MR) is 148 cm³/mol. The van der Waals surface area contributed by atoms with E-state index in [1.165, 1.54) is 5.39 Å². The summed E-state index contributed by atoms with van der Waals surface area (Å²) in [4.78, 5) is 8.73. The number of fused-ring (bicyclic) bond motifs is 3. The van der Waals surface area contributed by atoms with Crippen LogP contribution < -0.4 is 4.74 Å². The summed E-state index contributed by atoms with van der Waals surface area (Å²) in [6, 6.07) is 12.4. The van der Waals surface area contributed by atoms with Gasteiger partial charge in [0.15, 0.2) is 0 Å². The Labute approximate surface area is 228 Å². The lowest BCUT2D eigenvalue weighted by Gasteiger charge is -2.09. The lowest BCUT2D eigenvalue weighted by molar-refractivity contribution is -0.0147. The third kappa shape index (κ3) is 8.69. The molecule has 4 rings (SSSR count). The maximum Gasteiger partial charge on any atom is 0.213 e. The summed E-state index contributed by atoms with van der Waals surface area (Å²) in [7, 11) is 2.08. The zero-order valence-electron chi connectivity index (χ0n) is 22.4. The number of rotatable bonds is 19. The van der Waals surface area contributed by atoms with E-state index in [9.17, 15) is 0 Å². The molecule has 1 aromatic carbocycles. The molecule has 0 fully saturated rings. The van der Waals surface area contributed by atoms with Gasteiger partial charge in [0.25, 0.3) is 0 Å². The maximum absolute atomic E-state index is 8.59. The van der Waals surface area contributed by atoms with Gasteiger partial charge in [-0.15, -0.1) is 0 Å². The quantitative estimate of drug-likeness (QED) is 0.180. The van der Waals surface area contributed by atoms with E-state index in [-0.39, 0.29) is 6.61 Å². The second-order valence-corrected chi connectivity index (χ2v) is 8.70. The van der Waals surface area contributed by atoms with Crippen LogP contribution in [0, 0.1) is 0 Å². The van der Waals surface area contributed by atoms with Gasteiger partial charge >= 0.3 is 0 Å². The lowest BCUT2D eigenvalue weighted by Crippen LogP contribution is -2.14. The first-order valence-corrected chi connectivity index (χ1v) is 13.2. The van der Waals surface area contributed by atoms with E-state index in [0.29, 0.717) is 78.6 Å². The van der Waals surface area contributed by atoms with Crippen molar-refractivity contribution in [1.82, 2.24) is 14.5 Å². The highest BCUT2D eigenvalue weighted by atomic mass is 16.6. The van der Waals surface area contributed by atoms with Gasteiger partial charge in [-0.2, -0.15) is 0 Å². The number of nitrogens with zero attached hydrogens (tertiary/aromatic N) is 3. The van der Waals surface area contributed by atoms with E-state index in [1.807, 2.05) is 36.8 Å². The van der Waals surface area contributed by atoms with Crippen molar-refractivity contribution in [3.8, 4) is 17.0 Å². The largest absolute Gasteiger partial charge is 0.475 e. The van der Waals surface area contributed by atoms with Crippen molar-refractivity contribution in [1.29, 1.82) is 0 Å². The zero-order chi connectivity index (χ0) is 27.1. The smallest absolute Gasteiger partial charge is 0.213 e. The van der Waals surface area contributed by atoms with Gasteiger partial charge in [0.1, 0.15) is 6.61 Å². The van der Waals surface area contributed by atoms with E-state index < -0.39 is 0 Å². The molecule has 0 spiro atoms. The molecule has 0 amide bonds. The summed E-state index contributed by atoms with van der Waals surface area (Å²) in [5.41, 5.74) is 4.45. The number of aliphatic hydroxyl groups is 1. The number of aromatic nitrogens is 3. The molecule has 0 radical (unpaired) electrons. The second-order valence-electron chi connectivity index (χ2n) is 8.70. The molecule has 0 aliphatic rings. The summed E-state index contributed by atoms with van der Waals surface area (Å²) in [5, 5.41) is 10.9. The molecule has 1 N–H and O–H groups in total. The molecule has 0 saturated heterocycles.